The summed E-state index contributed by atoms with van der Waals surface area (Å²) in [4.78, 5) is 19.2. The number of nitrogens with zero attached hydrogens (tertiary/aromatic N) is 2. The Labute approximate surface area is 223 Å². The minimum atomic E-state index is -0.898. The Balaban J connectivity index is 1.41. The Morgan fingerprint density at radius 1 is 1.05 bits per heavy atom. The largest absolute Gasteiger partial charge is 0.508 e. The van der Waals surface area contributed by atoms with Crippen molar-refractivity contribution >= 4 is 23.4 Å². The number of aliphatic hydroxyl groups is 1. The van der Waals surface area contributed by atoms with Crippen LogP contribution in [0, 0.1) is 5.82 Å². The minimum absolute atomic E-state index is 0.0887. The van der Waals surface area contributed by atoms with Gasteiger partial charge in [-0.2, -0.15) is 0 Å². The number of ether oxygens (including phenoxy) is 1. The number of methoxy groups -OCH3 is 1. The molecule has 1 amide bonds. The van der Waals surface area contributed by atoms with Crippen LogP contribution < -0.4 is 9.64 Å². The molecule has 9 heteroatoms. The number of phenolic OH excluding ortho intramolecular Hbond substituents is 2. The molecule has 3 N–H and O–H groups in total. The number of carbonyl (C=O) groups is 1. The highest BCUT2D eigenvalue weighted by atomic mass is 32.2. The molecule has 3 aromatic carbocycles. The van der Waals surface area contributed by atoms with Crippen molar-refractivity contribution in [2.75, 3.05) is 17.8 Å². The van der Waals surface area contributed by atoms with E-state index in [0.717, 1.165) is 11.1 Å². The lowest BCUT2D eigenvalue weighted by Gasteiger charge is -2.47. The van der Waals surface area contributed by atoms with Crippen LogP contribution in [0.3, 0.4) is 0 Å². The first-order valence-corrected chi connectivity index (χ1v) is 12.9. The second kappa shape index (κ2) is 10.7. The van der Waals surface area contributed by atoms with E-state index >= 15 is 0 Å². The van der Waals surface area contributed by atoms with Gasteiger partial charge < -0.3 is 25.0 Å². The van der Waals surface area contributed by atoms with E-state index < -0.39 is 23.2 Å². The summed E-state index contributed by atoms with van der Waals surface area (Å²) in [5, 5.41) is 30.4. The van der Waals surface area contributed by atoms with Gasteiger partial charge in [0.05, 0.1) is 19.3 Å². The molecule has 3 atom stereocenters. The number of aromatic hydroxyl groups is 2. The number of carbonyl (C=O) groups excluding carboxylic acids is 1. The van der Waals surface area contributed by atoms with Gasteiger partial charge >= 0.3 is 0 Å². The fraction of sp³-hybridized carbons (Fsp3) is 0.172. The van der Waals surface area contributed by atoms with E-state index in [2.05, 4.69) is 4.98 Å². The summed E-state index contributed by atoms with van der Waals surface area (Å²) in [7, 11) is 1.59. The van der Waals surface area contributed by atoms with E-state index in [1.54, 1.807) is 36.5 Å². The molecule has 38 heavy (non-hydrogen) atoms. The van der Waals surface area contributed by atoms with E-state index in [4.69, 9.17) is 4.74 Å². The maximum atomic E-state index is 13.4. The zero-order chi connectivity index (χ0) is 26.8. The molecule has 0 saturated carbocycles. The number of halogens is 1. The number of phenols is 2. The molecule has 1 aromatic heterocycles. The van der Waals surface area contributed by atoms with Crippen molar-refractivity contribution < 1.29 is 29.2 Å². The van der Waals surface area contributed by atoms with Crippen molar-refractivity contribution in [1.29, 1.82) is 0 Å². The fourth-order valence-electron chi connectivity index (χ4n) is 4.55. The van der Waals surface area contributed by atoms with Gasteiger partial charge in [-0.05, 0) is 53.6 Å². The smallest absolute Gasteiger partial charge is 0.243 e. The van der Waals surface area contributed by atoms with E-state index in [9.17, 15) is 24.5 Å². The monoisotopic (exact) mass is 532 g/mol. The summed E-state index contributed by atoms with van der Waals surface area (Å²) in [6.45, 7) is 0. The quantitative estimate of drug-likeness (QED) is 0.267. The molecule has 1 saturated heterocycles. The van der Waals surface area contributed by atoms with E-state index in [-0.39, 0.29) is 23.2 Å². The average Bonchev–Trinajstić information content (AvgIpc) is 2.93. The van der Waals surface area contributed by atoms with Crippen LogP contribution in [0.1, 0.15) is 23.3 Å². The highest BCUT2D eigenvalue weighted by molar-refractivity contribution is 8.00. The molecule has 0 spiro atoms. The molecule has 1 fully saturated rings. The van der Waals surface area contributed by atoms with Gasteiger partial charge in [0.15, 0.2) is 0 Å². The Hall–Kier alpha value is -4.08. The standard InChI is InChI=1S/C29H25FN2O5S/c1-37-26-12-13-31-15-23(26)17-4-8-20(9-5-17)32-27(22-11-10-21(33)14-24(22)34)28(29(32)36)38-16-25(35)18-2-6-19(30)7-3-18/h2-15,25,27-28,33-35H,16H2,1H3/t25-,27+,28+/m0/s1. The number of hydrogen-bond acceptors (Lipinski definition) is 7. The van der Waals surface area contributed by atoms with Crippen molar-refractivity contribution in [1.82, 2.24) is 4.98 Å². The molecule has 1 aliphatic rings. The second-order valence-corrected chi connectivity index (χ2v) is 10.0. The maximum Gasteiger partial charge on any atom is 0.243 e. The minimum Gasteiger partial charge on any atom is -0.508 e. The topological polar surface area (TPSA) is 103 Å². The first-order valence-electron chi connectivity index (χ1n) is 11.9. The van der Waals surface area contributed by atoms with Crippen LogP contribution in [-0.2, 0) is 4.79 Å². The number of aliphatic hydroxyl groups excluding tert-OH is 1. The molecule has 0 radical (unpaired) electrons. The molecule has 5 rings (SSSR count). The van der Waals surface area contributed by atoms with E-state index in [0.29, 0.717) is 22.6 Å². The molecular weight excluding hydrogens is 507 g/mol. The van der Waals surface area contributed by atoms with Gasteiger partial charge in [0.1, 0.15) is 28.3 Å². The molecule has 0 unspecified atom stereocenters. The summed E-state index contributed by atoms with van der Waals surface area (Å²) < 4.78 is 18.7. The molecular formula is C29H25FN2O5S. The third-order valence-electron chi connectivity index (χ3n) is 6.52. The summed E-state index contributed by atoms with van der Waals surface area (Å²) in [5.74, 6) is 0.0870. The average molecular weight is 533 g/mol. The number of anilines is 1. The van der Waals surface area contributed by atoms with Gasteiger partial charge in [0.2, 0.25) is 5.91 Å². The van der Waals surface area contributed by atoms with Gasteiger partial charge in [-0.15, -0.1) is 11.8 Å². The van der Waals surface area contributed by atoms with Crippen molar-refractivity contribution in [3.8, 4) is 28.4 Å². The molecule has 1 aliphatic heterocycles. The number of β-lactam (4-membered cyclic amide) rings is 1. The van der Waals surface area contributed by atoms with Crippen molar-refractivity contribution in [2.24, 2.45) is 0 Å². The lowest BCUT2D eigenvalue weighted by molar-refractivity contribution is -0.123. The number of aromatic nitrogens is 1. The zero-order valence-electron chi connectivity index (χ0n) is 20.4. The van der Waals surface area contributed by atoms with Crippen molar-refractivity contribution in [2.45, 2.75) is 17.4 Å². The zero-order valence-corrected chi connectivity index (χ0v) is 21.2. The van der Waals surface area contributed by atoms with Gasteiger partial charge in [-0.1, -0.05) is 24.3 Å². The third-order valence-corrected chi connectivity index (χ3v) is 7.85. The molecule has 7 nitrogen and oxygen atoms in total. The fourth-order valence-corrected chi connectivity index (χ4v) is 5.84. The number of benzene rings is 3. The van der Waals surface area contributed by atoms with Crippen molar-refractivity contribution in [3.63, 3.8) is 0 Å². The summed E-state index contributed by atoms with van der Waals surface area (Å²) in [6.07, 6.45) is 2.46. The summed E-state index contributed by atoms with van der Waals surface area (Å²) in [5.41, 5.74) is 3.34. The molecule has 0 bridgehead atoms. The molecule has 2 heterocycles. The predicted molar refractivity (Wildman–Crippen MR) is 144 cm³/mol. The Kier molecular flexibility index (Phi) is 7.22. The van der Waals surface area contributed by atoms with Crippen molar-refractivity contribution in [3.05, 3.63) is 102 Å². The molecule has 194 valence electrons. The van der Waals surface area contributed by atoms with Crippen LogP contribution in [0.4, 0.5) is 10.1 Å². The van der Waals surface area contributed by atoms with Gasteiger partial charge in [-0.3, -0.25) is 9.78 Å². The van der Waals surface area contributed by atoms with Crippen LogP contribution in [-0.4, -0.2) is 44.3 Å². The number of rotatable bonds is 8. The second-order valence-electron chi connectivity index (χ2n) is 8.84. The van der Waals surface area contributed by atoms with E-state index in [1.165, 1.54) is 48.2 Å². The summed E-state index contributed by atoms with van der Waals surface area (Å²) >= 11 is 1.26. The van der Waals surface area contributed by atoms with Gasteiger partial charge in [0.25, 0.3) is 0 Å². The third kappa shape index (κ3) is 4.90. The van der Waals surface area contributed by atoms with Crippen LogP contribution in [0.5, 0.6) is 17.2 Å². The molecule has 0 aliphatic carbocycles. The summed E-state index contributed by atoms with van der Waals surface area (Å²) in [6, 6.07) is 18.5. The highest BCUT2D eigenvalue weighted by Crippen LogP contribution is 2.49. The lowest BCUT2D eigenvalue weighted by Crippen LogP contribution is -2.57. The first-order chi connectivity index (χ1) is 18.4. The van der Waals surface area contributed by atoms with Gasteiger partial charge in [0, 0.05) is 41.0 Å². The number of amides is 1. The number of thioether (sulfide) groups is 1. The number of hydrogen-bond donors (Lipinski definition) is 3. The normalized spacial score (nSPS) is 17.7. The Morgan fingerprint density at radius 3 is 2.47 bits per heavy atom. The Bertz CT molecular complexity index is 1450. The maximum absolute atomic E-state index is 13.4. The van der Waals surface area contributed by atoms with Crippen LogP contribution in [0.2, 0.25) is 0 Å². The lowest BCUT2D eigenvalue weighted by atomic mass is 9.91. The van der Waals surface area contributed by atoms with E-state index in [1.807, 2.05) is 24.3 Å². The Morgan fingerprint density at radius 2 is 1.79 bits per heavy atom. The number of pyridine rings is 1. The SMILES string of the molecule is COc1ccncc1-c1ccc(N2C(=O)[C@H](SC[C@H](O)c3ccc(F)cc3)[C@H]2c2ccc(O)cc2O)cc1. The first kappa shape index (κ1) is 25.6. The predicted octanol–water partition coefficient (Wildman–Crippen LogP) is 5.23. The highest BCUT2D eigenvalue weighted by Gasteiger charge is 2.50. The van der Waals surface area contributed by atoms with Crippen LogP contribution in [0.25, 0.3) is 11.1 Å². The van der Waals surface area contributed by atoms with Crippen LogP contribution >= 0.6 is 11.8 Å². The van der Waals surface area contributed by atoms with Crippen LogP contribution in [0.15, 0.2) is 85.2 Å². The molecule has 4 aromatic rings. The van der Waals surface area contributed by atoms with Gasteiger partial charge in [-0.25, -0.2) is 4.39 Å².